The van der Waals surface area contributed by atoms with E-state index in [1.54, 1.807) is 0 Å². The number of hydrogen-bond donors (Lipinski definition) is 2. The highest BCUT2D eigenvalue weighted by Crippen LogP contribution is 2.44. The third-order valence-electron chi connectivity index (χ3n) is 6.54. The minimum absolute atomic E-state index is 0.135. The van der Waals surface area contributed by atoms with E-state index in [4.69, 9.17) is 0 Å². The standard InChI is InChI=1S/C25H29NO2/c1-15-8-10-19(11-9-15)20-16(2)14-17(3)21(18(20)4)22-23(27)25(26-24(22)28)12-6-5-7-13-25/h8-11,14,27H,5-7,12-13H2,1-4H3,(H,26,28). The zero-order valence-corrected chi connectivity index (χ0v) is 17.3. The lowest BCUT2D eigenvalue weighted by atomic mass is 9.79. The van der Waals surface area contributed by atoms with Crippen LogP contribution in [0.5, 0.6) is 0 Å². The average Bonchev–Trinajstić information content (AvgIpc) is 2.88. The summed E-state index contributed by atoms with van der Waals surface area (Å²) in [5.41, 5.74) is 7.62. The number of aliphatic hydroxyl groups excluding tert-OH is 1. The van der Waals surface area contributed by atoms with Crippen LogP contribution in [0.1, 0.15) is 59.9 Å². The highest BCUT2D eigenvalue weighted by atomic mass is 16.3. The summed E-state index contributed by atoms with van der Waals surface area (Å²) >= 11 is 0. The van der Waals surface area contributed by atoms with Crippen LogP contribution in [0.2, 0.25) is 0 Å². The van der Waals surface area contributed by atoms with Gasteiger partial charge in [0.05, 0.1) is 11.1 Å². The van der Waals surface area contributed by atoms with Crippen molar-refractivity contribution < 1.29 is 9.90 Å². The van der Waals surface area contributed by atoms with Crippen LogP contribution in [0.3, 0.4) is 0 Å². The summed E-state index contributed by atoms with van der Waals surface area (Å²) in [6.45, 7) is 8.31. The number of carbonyl (C=O) groups is 1. The Bertz CT molecular complexity index is 977. The van der Waals surface area contributed by atoms with Crippen LogP contribution in [0, 0.1) is 27.7 Å². The molecule has 0 saturated heterocycles. The Kier molecular flexibility index (Phi) is 4.57. The van der Waals surface area contributed by atoms with Gasteiger partial charge in [0, 0.05) is 0 Å². The zero-order valence-electron chi connectivity index (χ0n) is 17.3. The van der Waals surface area contributed by atoms with Crippen molar-refractivity contribution >= 4 is 11.5 Å². The first-order valence-corrected chi connectivity index (χ1v) is 10.3. The van der Waals surface area contributed by atoms with Gasteiger partial charge in [-0.05, 0) is 73.9 Å². The first-order chi connectivity index (χ1) is 13.3. The molecule has 2 N–H and O–H groups in total. The average molecular weight is 376 g/mol. The molecule has 1 aliphatic heterocycles. The molecular formula is C25H29NO2. The maximum Gasteiger partial charge on any atom is 0.256 e. The predicted molar refractivity (Wildman–Crippen MR) is 114 cm³/mol. The van der Waals surface area contributed by atoms with Crippen molar-refractivity contribution in [3.8, 4) is 11.1 Å². The molecule has 0 atom stereocenters. The van der Waals surface area contributed by atoms with Crippen LogP contribution in [0.4, 0.5) is 0 Å². The first-order valence-electron chi connectivity index (χ1n) is 10.3. The lowest BCUT2D eigenvalue weighted by molar-refractivity contribution is -0.116. The van der Waals surface area contributed by atoms with Gasteiger partial charge in [-0.15, -0.1) is 0 Å². The van der Waals surface area contributed by atoms with Crippen molar-refractivity contribution in [3.63, 3.8) is 0 Å². The highest BCUT2D eigenvalue weighted by molar-refractivity contribution is 6.24. The lowest BCUT2D eigenvalue weighted by Crippen LogP contribution is -2.46. The number of rotatable bonds is 2. The molecule has 0 bridgehead atoms. The van der Waals surface area contributed by atoms with Gasteiger partial charge in [-0.1, -0.05) is 55.2 Å². The number of carbonyl (C=O) groups excluding carboxylic acids is 1. The fraction of sp³-hybridized carbons (Fsp3) is 0.400. The largest absolute Gasteiger partial charge is 0.509 e. The van der Waals surface area contributed by atoms with Crippen molar-refractivity contribution in [3.05, 3.63) is 63.9 Å². The van der Waals surface area contributed by atoms with Gasteiger partial charge in [-0.3, -0.25) is 4.79 Å². The molecule has 1 amide bonds. The molecule has 3 nitrogen and oxygen atoms in total. The molecule has 2 aliphatic rings. The molecule has 2 aromatic rings. The molecule has 0 unspecified atom stereocenters. The minimum atomic E-state index is -0.557. The maximum absolute atomic E-state index is 13.0. The van der Waals surface area contributed by atoms with E-state index in [1.807, 2.05) is 6.92 Å². The third-order valence-corrected chi connectivity index (χ3v) is 6.54. The topological polar surface area (TPSA) is 49.3 Å². The Hall–Kier alpha value is -2.55. The second-order valence-corrected chi connectivity index (χ2v) is 8.57. The number of nitrogens with one attached hydrogen (secondary N) is 1. The predicted octanol–water partition coefficient (Wildman–Crippen LogP) is 5.69. The molecule has 1 heterocycles. The van der Waals surface area contributed by atoms with Crippen LogP contribution < -0.4 is 5.32 Å². The molecule has 4 rings (SSSR count). The number of benzene rings is 2. The quantitative estimate of drug-likeness (QED) is 0.708. The van der Waals surface area contributed by atoms with Gasteiger partial charge in [0.15, 0.2) is 0 Å². The van der Waals surface area contributed by atoms with Gasteiger partial charge in [0.25, 0.3) is 5.91 Å². The zero-order chi connectivity index (χ0) is 20.1. The third kappa shape index (κ3) is 2.85. The second kappa shape index (κ2) is 6.80. The summed E-state index contributed by atoms with van der Waals surface area (Å²) in [5, 5.41) is 14.3. The van der Waals surface area contributed by atoms with E-state index in [-0.39, 0.29) is 11.7 Å². The summed E-state index contributed by atoms with van der Waals surface area (Å²) in [5.74, 6) is 0.117. The maximum atomic E-state index is 13.0. The number of hydrogen-bond acceptors (Lipinski definition) is 2. The van der Waals surface area contributed by atoms with Crippen molar-refractivity contribution in [1.29, 1.82) is 0 Å². The van der Waals surface area contributed by atoms with Gasteiger partial charge < -0.3 is 10.4 Å². The first kappa shape index (κ1) is 18.8. The highest BCUT2D eigenvalue weighted by Gasteiger charge is 2.47. The normalized spacial score (nSPS) is 18.6. The molecule has 1 fully saturated rings. The van der Waals surface area contributed by atoms with Crippen molar-refractivity contribution in [2.75, 3.05) is 0 Å². The van der Waals surface area contributed by atoms with E-state index in [9.17, 15) is 9.90 Å². The summed E-state index contributed by atoms with van der Waals surface area (Å²) in [6, 6.07) is 10.6. The number of amides is 1. The fourth-order valence-electron chi connectivity index (χ4n) is 5.17. The van der Waals surface area contributed by atoms with Crippen molar-refractivity contribution in [2.45, 2.75) is 65.3 Å². The van der Waals surface area contributed by atoms with Gasteiger partial charge >= 0.3 is 0 Å². The molecule has 0 radical (unpaired) electrons. The van der Waals surface area contributed by atoms with E-state index in [0.29, 0.717) is 5.57 Å². The van der Waals surface area contributed by atoms with Gasteiger partial charge in [-0.25, -0.2) is 0 Å². The Balaban J connectivity index is 1.92. The van der Waals surface area contributed by atoms with E-state index in [0.717, 1.165) is 53.5 Å². The number of aryl methyl sites for hydroxylation is 3. The molecule has 3 heteroatoms. The van der Waals surface area contributed by atoms with E-state index < -0.39 is 5.54 Å². The Morgan fingerprint density at radius 3 is 2.14 bits per heavy atom. The number of aliphatic hydroxyl groups is 1. The van der Waals surface area contributed by atoms with Gasteiger partial charge in [-0.2, -0.15) is 0 Å². The van der Waals surface area contributed by atoms with Gasteiger partial charge in [0.2, 0.25) is 0 Å². The van der Waals surface area contributed by atoms with Crippen molar-refractivity contribution in [1.82, 2.24) is 5.32 Å². The minimum Gasteiger partial charge on any atom is -0.509 e. The summed E-state index contributed by atoms with van der Waals surface area (Å²) < 4.78 is 0. The van der Waals surface area contributed by atoms with Crippen LogP contribution in [-0.2, 0) is 4.79 Å². The molecule has 2 aromatic carbocycles. The van der Waals surface area contributed by atoms with Crippen LogP contribution >= 0.6 is 0 Å². The molecule has 1 aliphatic carbocycles. The molecule has 0 aromatic heterocycles. The second-order valence-electron chi connectivity index (χ2n) is 8.57. The molecule has 146 valence electrons. The molecular weight excluding hydrogens is 346 g/mol. The van der Waals surface area contributed by atoms with Crippen LogP contribution in [-0.4, -0.2) is 16.6 Å². The van der Waals surface area contributed by atoms with Gasteiger partial charge in [0.1, 0.15) is 5.76 Å². The van der Waals surface area contributed by atoms with Crippen LogP contribution in [0.25, 0.3) is 16.7 Å². The van der Waals surface area contributed by atoms with Crippen LogP contribution in [0.15, 0.2) is 36.1 Å². The summed E-state index contributed by atoms with van der Waals surface area (Å²) in [7, 11) is 0. The summed E-state index contributed by atoms with van der Waals surface area (Å²) in [4.78, 5) is 13.0. The molecule has 1 spiro atoms. The Morgan fingerprint density at radius 2 is 1.50 bits per heavy atom. The molecule has 28 heavy (non-hydrogen) atoms. The fourth-order valence-corrected chi connectivity index (χ4v) is 5.17. The SMILES string of the molecule is Cc1ccc(-c2c(C)cc(C)c(C3=C(O)C4(CCCCC4)NC3=O)c2C)cc1. The molecule has 1 saturated carbocycles. The Labute approximate surface area is 167 Å². The summed E-state index contributed by atoms with van der Waals surface area (Å²) in [6.07, 6.45) is 4.89. The Morgan fingerprint density at radius 1 is 0.893 bits per heavy atom. The lowest BCUT2D eigenvalue weighted by Gasteiger charge is -2.33. The monoisotopic (exact) mass is 375 g/mol. The van der Waals surface area contributed by atoms with E-state index in [1.165, 1.54) is 17.5 Å². The smallest absolute Gasteiger partial charge is 0.256 e. The van der Waals surface area contributed by atoms with E-state index in [2.05, 4.69) is 56.4 Å². The van der Waals surface area contributed by atoms with Crippen molar-refractivity contribution in [2.24, 2.45) is 0 Å². The van der Waals surface area contributed by atoms with E-state index >= 15 is 0 Å².